The molecule has 2 aliphatic heterocycles. The van der Waals surface area contributed by atoms with E-state index >= 15 is 0 Å². The number of carbonyl (C=O) groups is 2. The quantitative estimate of drug-likeness (QED) is 0.767. The molecule has 3 aliphatic rings. The van der Waals surface area contributed by atoms with Crippen LogP contribution in [0.5, 0.6) is 0 Å². The van der Waals surface area contributed by atoms with Gasteiger partial charge >= 0.3 is 6.03 Å². The average molecular weight is 432 g/mol. The lowest BCUT2D eigenvalue weighted by Gasteiger charge is -2.39. The second-order valence-electron chi connectivity index (χ2n) is 9.22. The molecule has 2 N–H and O–H groups in total. The fourth-order valence-corrected chi connectivity index (χ4v) is 5.20. The van der Waals surface area contributed by atoms with Gasteiger partial charge in [0.25, 0.3) is 0 Å². The maximum absolute atomic E-state index is 13.4. The van der Waals surface area contributed by atoms with Crippen molar-refractivity contribution in [3.8, 4) is 0 Å². The zero-order valence-electron chi connectivity index (χ0n) is 18.2. The summed E-state index contributed by atoms with van der Waals surface area (Å²) >= 11 is 0. The molecule has 170 valence electrons. The van der Waals surface area contributed by atoms with Crippen molar-refractivity contribution in [2.75, 3.05) is 26.3 Å². The van der Waals surface area contributed by atoms with Crippen LogP contribution in [0.15, 0.2) is 24.3 Å². The van der Waals surface area contributed by atoms with Gasteiger partial charge in [-0.15, -0.1) is 0 Å². The lowest BCUT2D eigenvalue weighted by atomic mass is 9.73. The van der Waals surface area contributed by atoms with Crippen molar-refractivity contribution in [2.24, 2.45) is 0 Å². The van der Waals surface area contributed by atoms with Gasteiger partial charge in [-0.05, 0) is 56.2 Å². The van der Waals surface area contributed by atoms with Crippen molar-refractivity contribution in [2.45, 2.75) is 75.3 Å². The molecule has 1 aliphatic carbocycles. The van der Waals surface area contributed by atoms with Gasteiger partial charge in [0.2, 0.25) is 5.91 Å². The Balaban J connectivity index is 1.33. The first-order valence-corrected chi connectivity index (χ1v) is 11.8. The number of rotatable bonds is 4. The molecule has 1 aromatic rings. The molecular weight excluding hydrogens is 397 g/mol. The van der Waals surface area contributed by atoms with Crippen LogP contribution in [0, 0.1) is 5.82 Å². The number of halogens is 1. The molecule has 3 amide bonds. The molecule has 2 heterocycles. The summed E-state index contributed by atoms with van der Waals surface area (Å²) in [6.45, 7) is 2.33. The number of carbonyl (C=O) groups excluding carboxylic acids is 2. The predicted octanol–water partition coefficient (Wildman–Crippen LogP) is 3.50. The number of nitrogens with one attached hydrogen (secondary N) is 2. The number of hydrogen-bond donors (Lipinski definition) is 2. The molecule has 7 heteroatoms. The number of nitrogens with zero attached hydrogens (tertiary/aromatic N) is 1. The maximum Gasteiger partial charge on any atom is 0.317 e. The molecule has 3 fully saturated rings. The second-order valence-corrected chi connectivity index (χ2v) is 9.22. The van der Waals surface area contributed by atoms with Crippen LogP contribution >= 0.6 is 0 Å². The summed E-state index contributed by atoms with van der Waals surface area (Å²) in [5.41, 5.74) is 0.167. The fourth-order valence-electron chi connectivity index (χ4n) is 5.20. The van der Waals surface area contributed by atoms with Gasteiger partial charge in [-0.1, -0.05) is 31.4 Å². The van der Waals surface area contributed by atoms with E-state index in [1.165, 1.54) is 31.4 Å². The Morgan fingerprint density at radius 1 is 0.903 bits per heavy atom. The van der Waals surface area contributed by atoms with Crippen molar-refractivity contribution in [3.05, 3.63) is 35.6 Å². The van der Waals surface area contributed by atoms with Gasteiger partial charge in [0.15, 0.2) is 0 Å². The zero-order valence-corrected chi connectivity index (χ0v) is 18.2. The summed E-state index contributed by atoms with van der Waals surface area (Å²) in [6, 6.07) is 6.67. The van der Waals surface area contributed by atoms with Crippen LogP contribution in [0.1, 0.15) is 63.4 Å². The topological polar surface area (TPSA) is 70.7 Å². The van der Waals surface area contributed by atoms with Crippen LogP contribution in [0.3, 0.4) is 0 Å². The third kappa shape index (κ3) is 5.20. The lowest BCUT2D eigenvalue weighted by Crippen LogP contribution is -2.55. The largest absolute Gasteiger partial charge is 0.381 e. The van der Waals surface area contributed by atoms with E-state index in [1.807, 2.05) is 4.90 Å². The Kier molecular flexibility index (Phi) is 7.10. The Bertz CT molecular complexity index is 750. The average Bonchev–Trinajstić information content (AvgIpc) is 2.81. The molecule has 4 rings (SSSR count). The van der Waals surface area contributed by atoms with Crippen LogP contribution in [0.25, 0.3) is 0 Å². The SMILES string of the molecule is O=C(NC1CCCCC1)N1CCC(NC(=O)C2(c3ccc(F)cc3)CCOCC2)CC1. The highest BCUT2D eigenvalue weighted by molar-refractivity contribution is 5.88. The van der Waals surface area contributed by atoms with E-state index in [2.05, 4.69) is 10.6 Å². The lowest BCUT2D eigenvalue weighted by molar-refractivity contribution is -0.131. The van der Waals surface area contributed by atoms with Crippen molar-refractivity contribution in [1.82, 2.24) is 15.5 Å². The minimum Gasteiger partial charge on any atom is -0.381 e. The van der Waals surface area contributed by atoms with Gasteiger partial charge in [-0.25, -0.2) is 9.18 Å². The van der Waals surface area contributed by atoms with Gasteiger partial charge in [-0.2, -0.15) is 0 Å². The second kappa shape index (κ2) is 9.98. The Hall–Kier alpha value is -2.15. The number of benzene rings is 1. The highest BCUT2D eigenvalue weighted by Crippen LogP contribution is 2.35. The number of urea groups is 1. The number of amides is 3. The molecule has 0 unspecified atom stereocenters. The van der Waals surface area contributed by atoms with Crippen molar-refractivity contribution < 1.29 is 18.7 Å². The van der Waals surface area contributed by atoms with E-state index < -0.39 is 5.41 Å². The standard InChI is InChI=1S/C24H34FN3O3/c25-19-8-6-18(7-9-19)24(12-16-31-17-13-24)22(29)26-21-10-14-28(15-11-21)23(30)27-20-4-2-1-3-5-20/h6-9,20-21H,1-5,10-17H2,(H,26,29)(H,27,30). The molecule has 0 aromatic heterocycles. The van der Waals surface area contributed by atoms with Crippen molar-refractivity contribution >= 4 is 11.9 Å². The van der Waals surface area contributed by atoms with Crippen molar-refractivity contribution in [3.63, 3.8) is 0 Å². The highest BCUT2D eigenvalue weighted by Gasteiger charge is 2.42. The number of likely N-dealkylation sites (tertiary alicyclic amines) is 1. The first-order valence-electron chi connectivity index (χ1n) is 11.8. The van der Waals surface area contributed by atoms with Crippen LogP contribution < -0.4 is 10.6 Å². The monoisotopic (exact) mass is 431 g/mol. The minimum absolute atomic E-state index is 0.00693. The summed E-state index contributed by atoms with van der Waals surface area (Å²) in [6.07, 6.45) is 8.49. The van der Waals surface area contributed by atoms with Gasteiger partial charge in [0.05, 0.1) is 5.41 Å². The fraction of sp³-hybridized carbons (Fsp3) is 0.667. The number of piperidine rings is 1. The molecule has 0 bridgehead atoms. The van der Waals surface area contributed by atoms with Crippen LogP contribution in [-0.4, -0.2) is 55.2 Å². The molecule has 0 radical (unpaired) electrons. The normalized spacial score (nSPS) is 22.7. The van der Waals surface area contributed by atoms with Crippen molar-refractivity contribution in [1.29, 1.82) is 0 Å². The van der Waals surface area contributed by atoms with E-state index in [4.69, 9.17) is 4.74 Å². The molecule has 1 aromatic carbocycles. The van der Waals surface area contributed by atoms with Gasteiger partial charge in [0.1, 0.15) is 5.82 Å². The van der Waals surface area contributed by atoms with E-state index in [0.29, 0.717) is 45.2 Å². The summed E-state index contributed by atoms with van der Waals surface area (Å²) in [4.78, 5) is 27.9. The smallest absolute Gasteiger partial charge is 0.317 e. The molecule has 2 saturated heterocycles. The number of hydrogen-bond acceptors (Lipinski definition) is 3. The summed E-state index contributed by atoms with van der Waals surface area (Å²) in [5.74, 6) is -0.308. The third-order valence-electron chi connectivity index (χ3n) is 7.23. The molecule has 31 heavy (non-hydrogen) atoms. The third-order valence-corrected chi connectivity index (χ3v) is 7.23. The van der Waals surface area contributed by atoms with E-state index in [0.717, 1.165) is 31.2 Å². The van der Waals surface area contributed by atoms with Gasteiger partial charge in [0, 0.05) is 38.4 Å². The van der Waals surface area contributed by atoms with Gasteiger partial charge < -0.3 is 20.3 Å². The predicted molar refractivity (Wildman–Crippen MR) is 116 cm³/mol. The first kappa shape index (κ1) is 22.1. The Labute approximate surface area is 183 Å². The Morgan fingerprint density at radius 3 is 2.16 bits per heavy atom. The first-order chi connectivity index (χ1) is 15.1. The molecule has 6 nitrogen and oxygen atoms in total. The Morgan fingerprint density at radius 2 is 1.52 bits per heavy atom. The molecule has 0 atom stereocenters. The summed E-state index contributed by atoms with van der Waals surface area (Å²) in [7, 11) is 0. The van der Waals surface area contributed by atoms with Crippen LogP contribution in [0.4, 0.5) is 9.18 Å². The summed E-state index contributed by atoms with van der Waals surface area (Å²) < 4.78 is 18.9. The van der Waals surface area contributed by atoms with E-state index in [9.17, 15) is 14.0 Å². The van der Waals surface area contributed by atoms with Crippen LogP contribution in [0.2, 0.25) is 0 Å². The zero-order chi connectivity index (χ0) is 21.7. The van der Waals surface area contributed by atoms with Crippen LogP contribution in [-0.2, 0) is 14.9 Å². The maximum atomic E-state index is 13.4. The van der Waals surface area contributed by atoms with Gasteiger partial charge in [-0.3, -0.25) is 4.79 Å². The highest BCUT2D eigenvalue weighted by atomic mass is 19.1. The van der Waals surface area contributed by atoms with E-state index in [1.54, 1.807) is 12.1 Å². The molecule has 1 saturated carbocycles. The summed E-state index contributed by atoms with van der Waals surface area (Å²) in [5, 5.41) is 6.42. The minimum atomic E-state index is -0.679. The van der Waals surface area contributed by atoms with E-state index in [-0.39, 0.29) is 23.8 Å². The molecular formula is C24H34FN3O3. The number of ether oxygens (including phenoxy) is 1. The molecule has 0 spiro atoms.